The Morgan fingerprint density at radius 3 is 1.75 bits per heavy atom. The van der Waals surface area contributed by atoms with E-state index in [9.17, 15) is 0 Å². The number of hydrogen-bond acceptors (Lipinski definition) is 1. The summed E-state index contributed by atoms with van der Waals surface area (Å²) in [5.41, 5.74) is 0.839. The Morgan fingerprint density at radius 2 is 1.50 bits per heavy atom. The minimum atomic E-state index is 0.839. The fourth-order valence-electron chi connectivity index (χ4n) is 2.13. The summed E-state index contributed by atoms with van der Waals surface area (Å²) in [6.45, 7) is 6.81. The lowest BCUT2D eigenvalue weighted by Gasteiger charge is -2.45. The van der Waals surface area contributed by atoms with Gasteiger partial charge in [0.1, 0.15) is 0 Å². The van der Waals surface area contributed by atoms with Crippen molar-refractivity contribution in [3.8, 4) is 0 Å². The highest BCUT2D eigenvalue weighted by atomic mass is 14.9. The van der Waals surface area contributed by atoms with Gasteiger partial charge in [-0.1, -0.05) is 26.7 Å². The summed E-state index contributed by atoms with van der Waals surface area (Å²) in [6.07, 6.45) is 8.70. The monoisotopic (exact) mass is 169 g/mol. The Hall–Kier alpha value is -0.0400. The number of piperidine rings is 1. The Labute approximate surface area is 76.9 Å². The molecule has 0 unspecified atom stereocenters. The van der Waals surface area contributed by atoms with E-state index in [4.69, 9.17) is 0 Å². The van der Waals surface area contributed by atoms with Crippen molar-refractivity contribution >= 4 is 0 Å². The fourth-order valence-corrected chi connectivity index (χ4v) is 2.13. The van der Waals surface area contributed by atoms with Crippen LogP contribution in [0.25, 0.3) is 0 Å². The zero-order valence-electron chi connectivity index (χ0n) is 8.66. The van der Waals surface area contributed by atoms with Gasteiger partial charge < -0.3 is 5.32 Å². The van der Waals surface area contributed by atoms with E-state index in [2.05, 4.69) is 19.2 Å². The third kappa shape index (κ3) is 2.48. The molecule has 1 heterocycles. The highest BCUT2D eigenvalue weighted by molar-refractivity contribution is 4.90. The SMILES string of the molecule is C1CC2(C1)CCNCC2.CCC. The van der Waals surface area contributed by atoms with Crippen LogP contribution in [0, 0.1) is 5.41 Å². The van der Waals surface area contributed by atoms with Gasteiger partial charge in [-0.3, -0.25) is 0 Å². The summed E-state index contributed by atoms with van der Waals surface area (Å²) in [7, 11) is 0. The van der Waals surface area contributed by atoms with Gasteiger partial charge in [0.15, 0.2) is 0 Å². The molecule has 0 aromatic carbocycles. The number of rotatable bonds is 0. The van der Waals surface area contributed by atoms with Crippen LogP contribution >= 0.6 is 0 Å². The molecule has 1 saturated carbocycles. The van der Waals surface area contributed by atoms with Crippen molar-refractivity contribution in [2.75, 3.05) is 13.1 Å². The lowest BCUT2D eigenvalue weighted by atomic mass is 9.63. The maximum atomic E-state index is 3.41. The first-order chi connectivity index (χ1) is 5.83. The van der Waals surface area contributed by atoms with Crippen LogP contribution in [0.1, 0.15) is 52.4 Å². The van der Waals surface area contributed by atoms with Crippen molar-refractivity contribution < 1.29 is 0 Å². The third-order valence-corrected chi connectivity index (χ3v) is 3.08. The molecule has 1 heteroatoms. The second kappa shape index (κ2) is 4.86. The van der Waals surface area contributed by atoms with Crippen molar-refractivity contribution in [3.63, 3.8) is 0 Å². The summed E-state index contributed by atoms with van der Waals surface area (Å²) in [4.78, 5) is 0. The molecular weight excluding hydrogens is 146 g/mol. The van der Waals surface area contributed by atoms with Crippen LogP contribution in [0.4, 0.5) is 0 Å². The van der Waals surface area contributed by atoms with E-state index in [0.717, 1.165) is 5.41 Å². The van der Waals surface area contributed by atoms with Crippen LogP contribution in [0.3, 0.4) is 0 Å². The molecule has 1 saturated heterocycles. The van der Waals surface area contributed by atoms with Gasteiger partial charge in [-0.25, -0.2) is 0 Å². The standard InChI is InChI=1S/C8H15N.C3H8/c1-2-8(3-1)4-6-9-7-5-8;1-3-2/h9H,1-7H2;3H2,1-2H3. The molecule has 0 radical (unpaired) electrons. The molecule has 1 aliphatic carbocycles. The van der Waals surface area contributed by atoms with Crippen molar-refractivity contribution in [1.82, 2.24) is 5.32 Å². The molecule has 72 valence electrons. The first kappa shape index (κ1) is 10.0. The van der Waals surface area contributed by atoms with E-state index < -0.39 is 0 Å². The van der Waals surface area contributed by atoms with Gasteiger partial charge in [-0.15, -0.1) is 0 Å². The smallest absolute Gasteiger partial charge is 0.00436 e. The first-order valence-electron chi connectivity index (χ1n) is 5.54. The van der Waals surface area contributed by atoms with Crippen LogP contribution in [-0.4, -0.2) is 13.1 Å². The van der Waals surface area contributed by atoms with Gasteiger partial charge in [0.25, 0.3) is 0 Å². The molecule has 2 fully saturated rings. The average molecular weight is 169 g/mol. The third-order valence-electron chi connectivity index (χ3n) is 3.08. The first-order valence-corrected chi connectivity index (χ1v) is 5.54. The van der Waals surface area contributed by atoms with Crippen molar-refractivity contribution in [2.24, 2.45) is 5.41 Å². The van der Waals surface area contributed by atoms with Crippen molar-refractivity contribution in [3.05, 3.63) is 0 Å². The molecule has 1 N–H and O–H groups in total. The van der Waals surface area contributed by atoms with Gasteiger partial charge in [0.05, 0.1) is 0 Å². The van der Waals surface area contributed by atoms with Crippen LogP contribution in [0.15, 0.2) is 0 Å². The molecule has 0 amide bonds. The largest absolute Gasteiger partial charge is 0.317 e. The second-order valence-corrected chi connectivity index (χ2v) is 4.31. The molecule has 1 aliphatic heterocycles. The quantitative estimate of drug-likeness (QED) is 0.588. The summed E-state index contributed by atoms with van der Waals surface area (Å²) in [5, 5.41) is 3.41. The van der Waals surface area contributed by atoms with Gasteiger partial charge in [0.2, 0.25) is 0 Å². The van der Waals surface area contributed by atoms with Gasteiger partial charge in [-0.05, 0) is 44.2 Å². The molecule has 1 nitrogen and oxygen atoms in total. The van der Waals surface area contributed by atoms with Crippen LogP contribution in [0.2, 0.25) is 0 Å². The molecule has 2 aliphatic rings. The normalized spacial score (nSPS) is 25.5. The Kier molecular flexibility index (Phi) is 4.07. The van der Waals surface area contributed by atoms with Crippen molar-refractivity contribution in [1.29, 1.82) is 0 Å². The van der Waals surface area contributed by atoms with Crippen LogP contribution < -0.4 is 5.32 Å². The predicted molar refractivity (Wildman–Crippen MR) is 54.4 cm³/mol. The van der Waals surface area contributed by atoms with E-state index in [1.54, 1.807) is 0 Å². The highest BCUT2D eigenvalue weighted by Gasteiger charge is 2.37. The topological polar surface area (TPSA) is 12.0 Å². The lowest BCUT2D eigenvalue weighted by Crippen LogP contribution is -2.40. The summed E-state index contributed by atoms with van der Waals surface area (Å²) in [6, 6.07) is 0. The number of hydrogen-bond donors (Lipinski definition) is 1. The Bertz CT molecular complexity index is 108. The molecule has 2 rings (SSSR count). The zero-order valence-corrected chi connectivity index (χ0v) is 8.66. The maximum absolute atomic E-state index is 3.41. The van der Waals surface area contributed by atoms with Gasteiger partial charge in [0, 0.05) is 0 Å². The van der Waals surface area contributed by atoms with Gasteiger partial charge in [-0.2, -0.15) is 0 Å². The van der Waals surface area contributed by atoms with Crippen molar-refractivity contribution in [2.45, 2.75) is 52.4 Å². The fraction of sp³-hybridized carbons (Fsp3) is 1.00. The molecule has 0 aromatic rings. The maximum Gasteiger partial charge on any atom is -0.00436 e. The van der Waals surface area contributed by atoms with E-state index >= 15 is 0 Å². The zero-order chi connectivity index (χ0) is 8.86. The molecule has 12 heavy (non-hydrogen) atoms. The molecule has 1 spiro atoms. The highest BCUT2D eigenvalue weighted by Crippen LogP contribution is 2.47. The average Bonchev–Trinajstić information content (AvgIpc) is 2.05. The van der Waals surface area contributed by atoms with Gasteiger partial charge >= 0.3 is 0 Å². The Balaban J connectivity index is 0.000000213. The minimum Gasteiger partial charge on any atom is -0.317 e. The summed E-state index contributed by atoms with van der Waals surface area (Å²) in [5.74, 6) is 0. The molecule has 0 atom stereocenters. The van der Waals surface area contributed by atoms with E-state index in [1.165, 1.54) is 51.6 Å². The lowest BCUT2D eigenvalue weighted by molar-refractivity contribution is 0.0864. The molecular formula is C11H23N. The van der Waals surface area contributed by atoms with Crippen LogP contribution in [0.5, 0.6) is 0 Å². The van der Waals surface area contributed by atoms with E-state index in [1.807, 2.05) is 0 Å². The number of nitrogens with one attached hydrogen (secondary N) is 1. The van der Waals surface area contributed by atoms with E-state index in [0.29, 0.717) is 0 Å². The Morgan fingerprint density at radius 1 is 1.00 bits per heavy atom. The summed E-state index contributed by atoms with van der Waals surface area (Å²) >= 11 is 0. The predicted octanol–water partition coefficient (Wildman–Crippen LogP) is 2.96. The minimum absolute atomic E-state index is 0.839. The molecule has 0 aromatic heterocycles. The van der Waals surface area contributed by atoms with Crippen LogP contribution in [-0.2, 0) is 0 Å². The molecule has 0 bridgehead atoms. The van der Waals surface area contributed by atoms with E-state index in [-0.39, 0.29) is 0 Å². The summed E-state index contributed by atoms with van der Waals surface area (Å²) < 4.78 is 0. The second-order valence-electron chi connectivity index (χ2n) is 4.31.